The van der Waals surface area contributed by atoms with E-state index in [2.05, 4.69) is 6.58 Å². The van der Waals surface area contributed by atoms with Crippen LogP contribution in [0.1, 0.15) is 27.0 Å². The van der Waals surface area contributed by atoms with Gasteiger partial charge in [-0.3, -0.25) is 4.79 Å². The summed E-state index contributed by atoms with van der Waals surface area (Å²) in [6.45, 7) is 5.20. The average Bonchev–Trinajstić information content (AvgIpc) is 2.79. The summed E-state index contributed by atoms with van der Waals surface area (Å²) in [5.41, 5.74) is 3.51. The minimum Gasteiger partial charge on any atom is -0.491 e. The molecule has 0 saturated heterocycles. The van der Waals surface area contributed by atoms with E-state index in [0.29, 0.717) is 25.4 Å². The molecule has 152 valence electrons. The first-order chi connectivity index (χ1) is 14.6. The summed E-state index contributed by atoms with van der Waals surface area (Å²) in [7, 11) is 0. The predicted octanol–water partition coefficient (Wildman–Crippen LogP) is 5.96. The Kier molecular flexibility index (Phi) is 7.70. The second-order valence-electron chi connectivity index (χ2n) is 6.62. The molecule has 0 unspecified atom stereocenters. The first-order valence-electron chi connectivity index (χ1n) is 9.64. The van der Waals surface area contributed by atoms with E-state index in [-0.39, 0.29) is 11.6 Å². The van der Waals surface area contributed by atoms with Crippen LogP contribution in [0.15, 0.2) is 85.5 Å². The van der Waals surface area contributed by atoms with Gasteiger partial charge in [0.05, 0.1) is 13.2 Å². The summed E-state index contributed by atoms with van der Waals surface area (Å²) >= 11 is 0. The molecule has 0 spiro atoms. The van der Waals surface area contributed by atoms with Crippen molar-refractivity contribution in [3.63, 3.8) is 0 Å². The smallest absolute Gasteiger partial charge is 0.185 e. The van der Waals surface area contributed by atoms with Crippen molar-refractivity contribution in [2.75, 3.05) is 13.2 Å². The average molecular weight is 402 g/mol. The van der Waals surface area contributed by atoms with Gasteiger partial charge in [-0.15, -0.1) is 0 Å². The van der Waals surface area contributed by atoms with Gasteiger partial charge in [0.1, 0.15) is 18.2 Å². The third kappa shape index (κ3) is 6.54. The highest BCUT2D eigenvalue weighted by molar-refractivity contribution is 6.06. The Morgan fingerprint density at radius 2 is 1.53 bits per heavy atom. The number of carbonyl (C=O) groups excluding carboxylic acids is 1. The number of ketones is 1. The standard InChI is InChI=1S/C26H23FO3/c1-2-20-3-5-22(6-4-20)19-29-17-18-30-25-14-7-21(8-15-25)9-16-26(28)23-10-12-24(27)13-11-23/h2-16H,1,17-19H2. The van der Waals surface area contributed by atoms with Gasteiger partial charge in [-0.05, 0) is 59.2 Å². The molecule has 0 heterocycles. The van der Waals surface area contributed by atoms with Crippen LogP contribution in [-0.4, -0.2) is 19.0 Å². The minimum atomic E-state index is -0.362. The van der Waals surface area contributed by atoms with Crippen molar-refractivity contribution in [2.45, 2.75) is 6.61 Å². The van der Waals surface area contributed by atoms with E-state index >= 15 is 0 Å². The number of hydrogen-bond donors (Lipinski definition) is 0. The van der Waals surface area contributed by atoms with Gasteiger partial charge < -0.3 is 9.47 Å². The number of allylic oxidation sites excluding steroid dienone is 1. The summed E-state index contributed by atoms with van der Waals surface area (Å²) in [4.78, 5) is 12.1. The molecule has 0 aliphatic rings. The topological polar surface area (TPSA) is 35.5 Å². The number of carbonyl (C=O) groups is 1. The van der Waals surface area contributed by atoms with Gasteiger partial charge in [0.2, 0.25) is 0 Å². The number of ether oxygens (including phenoxy) is 2. The normalized spacial score (nSPS) is 10.8. The van der Waals surface area contributed by atoms with Crippen LogP contribution < -0.4 is 4.74 Å². The molecular weight excluding hydrogens is 379 g/mol. The maximum atomic E-state index is 12.9. The van der Waals surface area contributed by atoms with Crippen LogP contribution in [0.2, 0.25) is 0 Å². The number of hydrogen-bond acceptors (Lipinski definition) is 3. The molecule has 0 saturated carbocycles. The van der Waals surface area contributed by atoms with Crippen LogP contribution in [0.3, 0.4) is 0 Å². The lowest BCUT2D eigenvalue weighted by Gasteiger charge is -2.08. The molecule has 3 aromatic carbocycles. The highest BCUT2D eigenvalue weighted by atomic mass is 19.1. The summed E-state index contributed by atoms with van der Waals surface area (Å²) in [6.07, 6.45) is 5.00. The Morgan fingerprint density at radius 1 is 0.867 bits per heavy atom. The zero-order valence-corrected chi connectivity index (χ0v) is 16.6. The zero-order chi connectivity index (χ0) is 21.2. The van der Waals surface area contributed by atoms with Crippen LogP contribution in [0.5, 0.6) is 5.75 Å². The van der Waals surface area contributed by atoms with Crippen molar-refractivity contribution < 1.29 is 18.7 Å². The summed E-state index contributed by atoms with van der Waals surface area (Å²) in [5, 5.41) is 0. The molecule has 0 amide bonds. The Morgan fingerprint density at radius 3 is 2.20 bits per heavy atom. The molecule has 0 aliphatic heterocycles. The summed E-state index contributed by atoms with van der Waals surface area (Å²) in [5.74, 6) is 0.196. The van der Waals surface area contributed by atoms with E-state index in [0.717, 1.165) is 22.4 Å². The molecule has 0 aromatic heterocycles. The lowest BCUT2D eigenvalue weighted by molar-refractivity contribution is 0.0889. The van der Waals surface area contributed by atoms with Gasteiger partial charge in [0.15, 0.2) is 5.78 Å². The SMILES string of the molecule is C=Cc1ccc(COCCOc2ccc(C=CC(=O)c3ccc(F)cc3)cc2)cc1. The molecule has 0 radical (unpaired) electrons. The first kappa shape index (κ1) is 21.2. The quantitative estimate of drug-likeness (QED) is 0.238. The maximum absolute atomic E-state index is 12.9. The van der Waals surface area contributed by atoms with Gasteiger partial charge in [-0.2, -0.15) is 0 Å². The van der Waals surface area contributed by atoms with Crippen molar-refractivity contribution in [3.8, 4) is 5.75 Å². The lowest BCUT2D eigenvalue weighted by Crippen LogP contribution is -2.06. The van der Waals surface area contributed by atoms with Crippen molar-refractivity contribution in [3.05, 3.63) is 114 Å². The van der Waals surface area contributed by atoms with Crippen LogP contribution in [-0.2, 0) is 11.3 Å². The van der Waals surface area contributed by atoms with Gasteiger partial charge in [-0.25, -0.2) is 4.39 Å². The van der Waals surface area contributed by atoms with Crippen LogP contribution in [0.25, 0.3) is 12.2 Å². The van der Waals surface area contributed by atoms with E-state index in [4.69, 9.17) is 9.47 Å². The van der Waals surface area contributed by atoms with Crippen LogP contribution in [0.4, 0.5) is 4.39 Å². The van der Waals surface area contributed by atoms with Crippen molar-refractivity contribution in [1.82, 2.24) is 0 Å². The van der Waals surface area contributed by atoms with Gasteiger partial charge in [-0.1, -0.05) is 55.1 Å². The summed E-state index contributed by atoms with van der Waals surface area (Å²) in [6, 6.07) is 21.0. The zero-order valence-electron chi connectivity index (χ0n) is 16.6. The first-order valence-corrected chi connectivity index (χ1v) is 9.64. The molecule has 0 bridgehead atoms. The molecular formula is C26H23FO3. The van der Waals surface area contributed by atoms with E-state index < -0.39 is 0 Å². The Bertz CT molecular complexity index is 988. The number of rotatable bonds is 10. The molecule has 3 nitrogen and oxygen atoms in total. The maximum Gasteiger partial charge on any atom is 0.185 e. The highest BCUT2D eigenvalue weighted by Crippen LogP contribution is 2.14. The van der Waals surface area contributed by atoms with E-state index in [9.17, 15) is 9.18 Å². The minimum absolute atomic E-state index is 0.174. The Labute approximate surface area is 176 Å². The van der Waals surface area contributed by atoms with Crippen molar-refractivity contribution in [2.24, 2.45) is 0 Å². The predicted molar refractivity (Wildman–Crippen MR) is 118 cm³/mol. The molecule has 0 atom stereocenters. The second kappa shape index (κ2) is 10.9. The summed E-state index contributed by atoms with van der Waals surface area (Å²) < 4.78 is 24.2. The van der Waals surface area contributed by atoms with Crippen LogP contribution in [0, 0.1) is 5.82 Å². The molecule has 3 aromatic rings. The number of benzene rings is 3. The van der Waals surface area contributed by atoms with Crippen molar-refractivity contribution >= 4 is 17.9 Å². The van der Waals surface area contributed by atoms with Gasteiger partial charge >= 0.3 is 0 Å². The fourth-order valence-corrected chi connectivity index (χ4v) is 2.72. The van der Waals surface area contributed by atoms with Crippen LogP contribution >= 0.6 is 0 Å². The third-order valence-electron chi connectivity index (χ3n) is 4.42. The Hall–Kier alpha value is -3.50. The van der Waals surface area contributed by atoms with Crippen molar-refractivity contribution in [1.29, 1.82) is 0 Å². The van der Waals surface area contributed by atoms with E-state index in [1.807, 2.05) is 54.6 Å². The lowest BCUT2D eigenvalue weighted by atomic mass is 10.1. The highest BCUT2D eigenvalue weighted by Gasteiger charge is 2.02. The Balaban J connectivity index is 1.40. The fraction of sp³-hybridized carbons (Fsp3) is 0.115. The molecule has 0 aliphatic carbocycles. The number of halogens is 1. The van der Waals surface area contributed by atoms with Gasteiger partial charge in [0, 0.05) is 5.56 Å². The van der Waals surface area contributed by atoms with E-state index in [1.54, 1.807) is 6.08 Å². The third-order valence-corrected chi connectivity index (χ3v) is 4.42. The second-order valence-corrected chi connectivity index (χ2v) is 6.62. The van der Waals surface area contributed by atoms with Gasteiger partial charge in [0.25, 0.3) is 0 Å². The molecule has 3 rings (SSSR count). The molecule has 0 fully saturated rings. The largest absolute Gasteiger partial charge is 0.491 e. The molecule has 0 N–H and O–H groups in total. The van der Waals surface area contributed by atoms with E-state index in [1.165, 1.54) is 30.3 Å². The fourth-order valence-electron chi connectivity index (χ4n) is 2.72. The molecule has 30 heavy (non-hydrogen) atoms. The monoisotopic (exact) mass is 402 g/mol. The molecule has 4 heteroatoms.